The third-order valence-corrected chi connectivity index (χ3v) is 16.9. The maximum absolute atomic E-state index is 13.6. The number of rotatable bonds is 21. The first-order valence-electron chi connectivity index (χ1n) is 21.5. The van der Waals surface area contributed by atoms with Gasteiger partial charge in [0.25, 0.3) is 17.1 Å². The van der Waals surface area contributed by atoms with Gasteiger partial charge in [-0.05, 0) is 0 Å². The SMILES string of the molecule is CO[C@@H]1[C@H](OP(=O)(O)OC[C@H]2O[C@@H](n3ccc(=O)[nH]c3=O)[C@H](O)[C@@H]2O)C(COP(=O)(O)OP(=O)(O)OP(=O)(O)OC[C@H]2O[C@@H]([n+]3cn(C)c4c(=O)[nH]c(N)nc43)[C@H](O)[C@@H]2CNC(N)=O)O[C@H]1n1cnc2c(N)ncnc21. The lowest BCUT2D eigenvalue weighted by atomic mass is 9.98. The summed E-state index contributed by atoms with van der Waals surface area (Å²) in [6.45, 7) is -3.85. The number of amides is 2. The van der Waals surface area contributed by atoms with Gasteiger partial charge in [0, 0.05) is 31.8 Å². The van der Waals surface area contributed by atoms with Gasteiger partial charge in [0.15, 0.2) is 30.2 Å². The molecule has 43 heteroatoms. The van der Waals surface area contributed by atoms with Crippen molar-refractivity contribution in [2.24, 2.45) is 18.7 Å². The molecule has 76 heavy (non-hydrogen) atoms. The van der Waals surface area contributed by atoms with E-state index in [-0.39, 0.29) is 34.1 Å². The number of aryl methyl sites for hydroxylation is 1. The predicted molar refractivity (Wildman–Crippen MR) is 243 cm³/mol. The summed E-state index contributed by atoms with van der Waals surface area (Å²) in [6.07, 6.45) is -14.0. The number of anilines is 2. The maximum Gasteiger partial charge on any atom is 0.490 e. The Morgan fingerprint density at radius 2 is 1.46 bits per heavy atom. The number of imidazole rings is 2. The number of urea groups is 1. The van der Waals surface area contributed by atoms with Crippen molar-refractivity contribution in [1.29, 1.82) is 0 Å². The highest BCUT2D eigenvalue weighted by Crippen LogP contribution is 2.68. The molecule has 8 rings (SSSR count). The quantitative estimate of drug-likeness (QED) is 0.0242. The minimum Gasteiger partial charge on any atom is -0.387 e. The average molecular weight is 1160 g/mol. The first-order valence-corrected chi connectivity index (χ1v) is 27.5. The molecule has 3 saturated heterocycles. The molecule has 3 fully saturated rings. The van der Waals surface area contributed by atoms with Gasteiger partial charge in [-0.25, -0.2) is 47.4 Å². The van der Waals surface area contributed by atoms with Crippen LogP contribution in [0.5, 0.6) is 0 Å². The fraction of sp³-hybridized carbons (Fsp3) is 0.545. The number of nitrogens with zero attached hydrogens (tertiary/aromatic N) is 8. The summed E-state index contributed by atoms with van der Waals surface area (Å²) < 4.78 is 109. The summed E-state index contributed by atoms with van der Waals surface area (Å²) in [5.41, 5.74) is 14.3. The van der Waals surface area contributed by atoms with Crippen molar-refractivity contribution in [2.75, 3.05) is 44.9 Å². The number of aliphatic hydroxyl groups excluding tert-OH is 3. The molecule has 0 saturated carbocycles. The lowest BCUT2D eigenvalue weighted by Crippen LogP contribution is -2.47. The van der Waals surface area contributed by atoms with Crippen LogP contribution in [0.15, 0.2) is 45.6 Å². The molecule has 0 aromatic carbocycles. The van der Waals surface area contributed by atoms with Crippen LogP contribution < -0.4 is 43.9 Å². The number of aromatic amines is 2. The van der Waals surface area contributed by atoms with Crippen molar-refractivity contribution in [1.82, 2.24) is 48.9 Å². The Labute approximate surface area is 421 Å². The van der Waals surface area contributed by atoms with Gasteiger partial charge < -0.3 is 76.4 Å². The fourth-order valence-corrected chi connectivity index (χ4v) is 12.8. The van der Waals surface area contributed by atoms with E-state index < -0.39 is 154 Å². The summed E-state index contributed by atoms with van der Waals surface area (Å²) in [5, 5.41) is 34.8. The van der Waals surface area contributed by atoms with E-state index in [0.29, 0.717) is 0 Å². The molecule has 16 N–H and O–H groups in total. The number of fused-ring (bicyclic) bond motifs is 2. The predicted octanol–water partition coefficient (Wildman–Crippen LogP) is -4.95. The van der Waals surface area contributed by atoms with Crippen LogP contribution >= 0.6 is 31.3 Å². The van der Waals surface area contributed by atoms with Crippen LogP contribution in [-0.4, -0.2) is 167 Å². The number of carbonyl (C=O) groups is 1. The molecular weight excluding hydrogens is 1120 g/mol. The Morgan fingerprint density at radius 1 is 0.816 bits per heavy atom. The lowest BCUT2D eigenvalue weighted by molar-refractivity contribution is -0.745. The minimum atomic E-state index is -6.24. The van der Waals surface area contributed by atoms with Gasteiger partial charge in [-0.15, -0.1) is 0 Å². The number of ether oxygens (including phenoxy) is 4. The molecule has 0 spiro atoms. The molecule has 8 heterocycles. The minimum absolute atomic E-state index is 0.00619. The Bertz CT molecular complexity index is 3380. The van der Waals surface area contributed by atoms with Gasteiger partial charge >= 0.3 is 48.7 Å². The van der Waals surface area contributed by atoms with Crippen LogP contribution in [0.4, 0.5) is 16.6 Å². The number of hydrogen-bond donors (Lipinski definition) is 13. The number of carbonyl (C=O) groups excluding carboxylic acids is 1. The molecule has 5 unspecified atom stereocenters. The zero-order valence-corrected chi connectivity index (χ0v) is 42.3. The molecule has 2 amide bonds. The number of nitrogens with two attached hydrogens (primary N) is 3. The Hall–Kier alpha value is -5.31. The van der Waals surface area contributed by atoms with Crippen LogP contribution in [0, 0.1) is 5.92 Å². The van der Waals surface area contributed by atoms with Crippen LogP contribution in [0.2, 0.25) is 0 Å². The number of aromatic nitrogens is 10. The fourth-order valence-electron chi connectivity index (χ4n) is 8.35. The summed E-state index contributed by atoms with van der Waals surface area (Å²) in [6, 6.07) is -0.147. The van der Waals surface area contributed by atoms with Gasteiger partial charge in [-0.1, -0.05) is 4.98 Å². The summed E-state index contributed by atoms with van der Waals surface area (Å²) >= 11 is 0. The number of aliphatic hydroxyl groups is 3. The van der Waals surface area contributed by atoms with Gasteiger partial charge in [0.1, 0.15) is 54.6 Å². The number of methoxy groups -OCH3 is 1. The monoisotopic (exact) mass is 1160 g/mol. The number of nitrogen functional groups attached to an aromatic ring is 2. The normalized spacial score (nSPS) is 30.0. The zero-order valence-electron chi connectivity index (χ0n) is 38.7. The Balaban J connectivity index is 0.946. The molecule has 3 aliphatic rings. The molecule has 418 valence electrons. The van der Waals surface area contributed by atoms with E-state index in [0.717, 1.165) is 36.6 Å². The Morgan fingerprint density at radius 3 is 2.12 bits per heavy atom. The van der Waals surface area contributed by atoms with Crippen molar-refractivity contribution in [2.45, 2.75) is 67.5 Å². The van der Waals surface area contributed by atoms with E-state index in [2.05, 4.69) is 38.9 Å². The highest BCUT2D eigenvalue weighted by Gasteiger charge is 2.54. The van der Waals surface area contributed by atoms with Crippen molar-refractivity contribution in [3.63, 3.8) is 0 Å². The summed E-state index contributed by atoms with van der Waals surface area (Å²) in [4.78, 5) is 111. The van der Waals surface area contributed by atoms with Crippen LogP contribution in [0.25, 0.3) is 22.3 Å². The molecule has 0 radical (unpaired) electrons. The van der Waals surface area contributed by atoms with Gasteiger partial charge in [0.05, 0.1) is 39.3 Å². The smallest absolute Gasteiger partial charge is 0.387 e. The van der Waals surface area contributed by atoms with Gasteiger partial charge in [0.2, 0.25) is 11.7 Å². The van der Waals surface area contributed by atoms with Gasteiger partial charge in [-0.2, -0.15) is 8.62 Å². The number of phosphoric ester groups is 3. The molecule has 5 aromatic heterocycles. The van der Waals surface area contributed by atoms with Crippen LogP contribution in [-0.2, 0) is 71.0 Å². The number of phosphoric acid groups is 4. The number of hydrogen-bond acceptors (Lipinski definition) is 27. The second-order valence-electron chi connectivity index (χ2n) is 16.6. The largest absolute Gasteiger partial charge is 0.490 e. The Kier molecular flexibility index (Phi) is 16.3. The second kappa shape index (κ2) is 21.8. The maximum atomic E-state index is 13.6. The van der Waals surface area contributed by atoms with E-state index in [9.17, 15) is 72.3 Å². The number of H-pyrrole nitrogens is 2. The molecule has 16 atom stereocenters. The van der Waals surface area contributed by atoms with Gasteiger partial charge in [-0.3, -0.25) is 51.4 Å². The molecule has 0 aliphatic carbocycles. The highest BCUT2D eigenvalue weighted by molar-refractivity contribution is 7.66. The summed E-state index contributed by atoms with van der Waals surface area (Å²) in [5.74, 6) is -1.66. The zero-order chi connectivity index (χ0) is 55.4. The molecule has 39 nitrogen and oxygen atoms in total. The van der Waals surface area contributed by atoms with E-state index in [4.69, 9.17) is 54.2 Å². The number of primary amides is 1. The molecule has 5 aromatic rings. The van der Waals surface area contributed by atoms with E-state index in [1.165, 1.54) is 27.1 Å². The summed E-state index contributed by atoms with van der Waals surface area (Å²) in [7, 11) is -21.1. The van der Waals surface area contributed by atoms with Crippen molar-refractivity contribution < 1.29 is 108 Å². The third kappa shape index (κ3) is 12.2. The highest BCUT2D eigenvalue weighted by atomic mass is 31.3. The lowest BCUT2D eigenvalue weighted by Gasteiger charge is -2.26. The third-order valence-electron chi connectivity index (χ3n) is 11.7. The van der Waals surface area contributed by atoms with Crippen molar-refractivity contribution >= 4 is 71.4 Å². The first-order chi connectivity index (χ1) is 35.6. The molecule has 3 aliphatic heterocycles. The van der Waals surface area contributed by atoms with Crippen LogP contribution in [0.1, 0.15) is 18.7 Å². The standard InChI is InChI=1S/C33H46N14O25P4/c1-44-11-47(26-18(44)27(52)43-31(35)42-26)28-19(49)12(5-37-32(36)53)13(67-28)6-65-74(57,58)71-76(61,62)72-75(59,60)66-8-15-22(23(63-2)30(69-15)46-10-40-17-24(34)38-9-39-25(17)46)70-73(55,56)64-7-14-20(50)21(51)29(68-14)45-4-3-16(48)41-33(45)54/h3-4,9-15,19-23,28-30,49-51H,5-8H2,1-2H3,(H12-,34,35,36,37,38,39,41,42,43,48,52,53,54,55,56,57,58,59,60,61,62)/p+1/t12-,13-,14-,15?,19-,20-,21-,22-,23-,28-,29-,30-/m1/s1. The molecule has 0 bridgehead atoms. The second-order valence-corrected chi connectivity index (χ2v) is 22.7. The van der Waals surface area contributed by atoms with Crippen molar-refractivity contribution in [3.05, 3.63) is 62.4 Å². The average Bonchev–Trinajstić information content (AvgIpc) is 4.12. The van der Waals surface area contributed by atoms with Crippen molar-refractivity contribution in [3.8, 4) is 0 Å². The van der Waals surface area contributed by atoms with E-state index >= 15 is 0 Å². The topological polar surface area (TPSA) is 562 Å². The molecular formula is C33H47N14O25P4+. The van der Waals surface area contributed by atoms with Crippen LogP contribution in [0.3, 0.4) is 0 Å². The first kappa shape index (κ1) is 56.9. The van der Waals surface area contributed by atoms with E-state index in [1.54, 1.807) is 0 Å². The number of nitrogens with one attached hydrogen (secondary N) is 3. The van der Waals surface area contributed by atoms with E-state index in [1.807, 2.05) is 4.98 Å².